The number of aryl methyl sites for hydroxylation is 2. The van der Waals surface area contributed by atoms with E-state index in [1.165, 1.54) is 16.7 Å². The first-order valence-electron chi connectivity index (χ1n) is 9.43. The molecule has 28 heavy (non-hydrogen) atoms. The van der Waals surface area contributed by atoms with Crippen LogP contribution in [0.2, 0.25) is 0 Å². The van der Waals surface area contributed by atoms with E-state index in [1.807, 2.05) is 53.1 Å². The lowest BCUT2D eigenvalue weighted by Gasteiger charge is -2.14. The van der Waals surface area contributed by atoms with E-state index in [1.54, 1.807) is 11.8 Å². The van der Waals surface area contributed by atoms with Gasteiger partial charge in [-0.3, -0.25) is 9.36 Å². The van der Waals surface area contributed by atoms with E-state index in [0.717, 1.165) is 22.8 Å². The summed E-state index contributed by atoms with van der Waals surface area (Å²) in [5, 5.41) is 1.46. The van der Waals surface area contributed by atoms with Gasteiger partial charge in [0.15, 0.2) is 5.16 Å². The first kappa shape index (κ1) is 18.5. The molecular weight excluding hydrogens is 364 g/mol. The summed E-state index contributed by atoms with van der Waals surface area (Å²) in [5.74, 6) is 0.794. The van der Waals surface area contributed by atoms with Crippen molar-refractivity contribution in [1.82, 2.24) is 9.55 Å². The number of para-hydroxylation sites is 1. The van der Waals surface area contributed by atoms with Crippen molar-refractivity contribution in [2.24, 2.45) is 0 Å². The molecular formula is C24H22N2OS. The van der Waals surface area contributed by atoms with Gasteiger partial charge in [0.05, 0.1) is 10.9 Å². The molecule has 3 nitrogen and oxygen atoms in total. The molecule has 1 heterocycles. The molecule has 0 aliphatic rings. The maximum Gasteiger partial charge on any atom is 0.262 e. The fourth-order valence-electron chi connectivity index (χ4n) is 3.25. The lowest BCUT2D eigenvalue weighted by molar-refractivity contribution is 0.595. The zero-order valence-corrected chi connectivity index (χ0v) is 16.7. The number of thioether (sulfide) groups is 1. The fourth-order valence-corrected chi connectivity index (χ4v) is 4.36. The molecule has 0 saturated carbocycles. The van der Waals surface area contributed by atoms with Crippen LogP contribution in [0.5, 0.6) is 0 Å². The maximum atomic E-state index is 13.2. The Morgan fingerprint density at radius 2 is 1.61 bits per heavy atom. The molecule has 0 spiro atoms. The van der Waals surface area contributed by atoms with E-state index in [0.29, 0.717) is 11.9 Å². The summed E-state index contributed by atoms with van der Waals surface area (Å²) in [4.78, 5) is 18.0. The summed E-state index contributed by atoms with van der Waals surface area (Å²) >= 11 is 1.63. The molecule has 0 amide bonds. The zero-order chi connectivity index (χ0) is 19.3. The monoisotopic (exact) mass is 386 g/mol. The summed E-state index contributed by atoms with van der Waals surface area (Å²) in [6, 6.07) is 26.2. The van der Waals surface area contributed by atoms with Crippen LogP contribution >= 0.6 is 11.8 Å². The van der Waals surface area contributed by atoms with Crippen LogP contribution in [0.15, 0.2) is 88.8 Å². The fraction of sp³-hybridized carbons (Fsp3) is 0.167. The van der Waals surface area contributed by atoms with Gasteiger partial charge >= 0.3 is 0 Å². The Morgan fingerprint density at radius 3 is 2.43 bits per heavy atom. The summed E-state index contributed by atoms with van der Waals surface area (Å²) in [6.45, 7) is 2.74. The third-order valence-electron chi connectivity index (χ3n) is 4.91. The highest BCUT2D eigenvalue weighted by atomic mass is 32.2. The highest BCUT2D eigenvalue weighted by Crippen LogP contribution is 2.24. The third kappa shape index (κ3) is 4.02. The van der Waals surface area contributed by atoms with Crippen LogP contribution < -0.4 is 5.56 Å². The molecule has 4 heteroatoms. The van der Waals surface area contributed by atoms with Crippen molar-refractivity contribution >= 4 is 22.7 Å². The van der Waals surface area contributed by atoms with E-state index < -0.39 is 0 Å². The minimum absolute atomic E-state index is 0.0359. The van der Waals surface area contributed by atoms with E-state index in [4.69, 9.17) is 4.98 Å². The molecule has 3 aromatic carbocycles. The molecule has 0 N–H and O–H groups in total. The van der Waals surface area contributed by atoms with E-state index in [9.17, 15) is 4.79 Å². The Kier molecular flexibility index (Phi) is 5.58. The Hall–Kier alpha value is -2.85. The van der Waals surface area contributed by atoms with Crippen molar-refractivity contribution in [3.63, 3.8) is 0 Å². The van der Waals surface area contributed by atoms with Gasteiger partial charge in [-0.25, -0.2) is 4.98 Å². The number of hydrogen-bond donors (Lipinski definition) is 0. The summed E-state index contributed by atoms with van der Waals surface area (Å²) in [6.07, 6.45) is 0.804. The van der Waals surface area contributed by atoms with Crippen molar-refractivity contribution in [3.05, 3.63) is 106 Å². The second-order valence-electron chi connectivity index (χ2n) is 6.82. The topological polar surface area (TPSA) is 34.9 Å². The molecule has 0 bridgehead atoms. The van der Waals surface area contributed by atoms with Crippen LogP contribution in [0, 0.1) is 6.92 Å². The molecule has 4 aromatic rings. The molecule has 140 valence electrons. The highest BCUT2D eigenvalue weighted by Gasteiger charge is 2.12. The van der Waals surface area contributed by atoms with Gasteiger partial charge in [0.25, 0.3) is 5.56 Å². The van der Waals surface area contributed by atoms with Gasteiger partial charge in [-0.2, -0.15) is 0 Å². The Labute approximate surface area is 169 Å². The van der Waals surface area contributed by atoms with Crippen LogP contribution in [0.3, 0.4) is 0 Å². The van der Waals surface area contributed by atoms with Crippen LogP contribution in [-0.2, 0) is 18.7 Å². The normalized spacial score (nSPS) is 11.0. The van der Waals surface area contributed by atoms with Crippen LogP contribution in [0.25, 0.3) is 10.9 Å². The predicted octanol–water partition coefficient (Wildman–Crippen LogP) is 5.24. The second kappa shape index (κ2) is 8.44. The van der Waals surface area contributed by atoms with Gasteiger partial charge in [-0.15, -0.1) is 0 Å². The minimum Gasteiger partial charge on any atom is -0.287 e. The van der Waals surface area contributed by atoms with Gasteiger partial charge in [-0.05, 0) is 42.2 Å². The number of fused-ring (bicyclic) bond motifs is 1. The average Bonchev–Trinajstić information content (AvgIpc) is 2.73. The van der Waals surface area contributed by atoms with Crippen molar-refractivity contribution in [3.8, 4) is 0 Å². The summed E-state index contributed by atoms with van der Waals surface area (Å²) in [7, 11) is 0. The van der Waals surface area contributed by atoms with Gasteiger partial charge < -0.3 is 0 Å². The number of benzene rings is 3. The van der Waals surface area contributed by atoms with Gasteiger partial charge in [-0.1, -0.05) is 78.5 Å². The smallest absolute Gasteiger partial charge is 0.262 e. The van der Waals surface area contributed by atoms with Crippen LogP contribution in [0.4, 0.5) is 0 Å². The SMILES string of the molecule is Cc1ccccc1CSc1nc2ccccc2c(=O)n1CCc1ccccc1. The molecule has 0 atom stereocenters. The average molecular weight is 387 g/mol. The molecule has 4 rings (SSSR count). The van der Waals surface area contributed by atoms with Crippen LogP contribution in [-0.4, -0.2) is 9.55 Å². The maximum absolute atomic E-state index is 13.2. The Balaban J connectivity index is 1.68. The van der Waals surface area contributed by atoms with Crippen molar-refractivity contribution in [2.45, 2.75) is 30.8 Å². The van der Waals surface area contributed by atoms with Crippen LogP contribution in [0.1, 0.15) is 16.7 Å². The number of nitrogens with zero attached hydrogens (tertiary/aromatic N) is 2. The largest absolute Gasteiger partial charge is 0.287 e. The third-order valence-corrected chi connectivity index (χ3v) is 5.94. The van der Waals surface area contributed by atoms with Crippen molar-refractivity contribution < 1.29 is 0 Å². The van der Waals surface area contributed by atoms with Gasteiger partial charge in [0.1, 0.15) is 0 Å². The number of aromatic nitrogens is 2. The zero-order valence-electron chi connectivity index (χ0n) is 15.8. The second-order valence-corrected chi connectivity index (χ2v) is 7.76. The molecule has 1 aromatic heterocycles. The minimum atomic E-state index is 0.0359. The standard InChI is InChI=1S/C24H22N2OS/c1-18-9-5-6-12-20(18)17-28-24-25-22-14-8-7-13-21(22)23(27)26(24)16-15-19-10-3-2-4-11-19/h2-14H,15-17H2,1H3. The molecule has 0 aliphatic carbocycles. The lowest BCUT2D eigenvalue weighted by atomic mass is 10.1. The molecule has 0 aliphatic heterocycles. The van der Waals surface area contributed by atoms with E-state index in [-0.39, 0.29) is 5.56 Å². The molecule has 0 saturated heterocycles. The number of rotatable bonds is 6. The van der Waals surface area contributed by atoms with Gasteiger partial charge in [0, 0.05) is 12.3 Å². The summed E-state index contributed by atoms with van der Waals surface area (Å²) in [5.41, 5.74) is 4.54. The molecule has 0 unspecified atom stereocenters. The Morgan fingerprint density at radius 1 is 0.893 bits per heavy atom. The predicted molar refractivity (Wildman–Crippen MR) is 117 cm³/mol. The quantitative estimate of drug-likeness (QED) is 0.336. The first-order valence-corrected chi connectivity index (χ1v) is 10.4. The Bertz CT molecular complexity index is 1150. The van der Waals surface area contributed by atoms with Gasteiger partial charge in [0.2, 0.25) is 0 Å². The van der Waals surface area contributed by atoms with E-state index in [2.05, 4.69) is 37.3 Å². The number of hydrogen-bond acceptors (Lipinski definition) is 3. The highest BCUT2D eigenvalue weighted by molar-refractivity contribution is 7.98. The van der Waals surface area contributed by atoms with Crippen molar-refractivity contribution in [2.75, 3.05) is 0 Å². The molecule has 0 radical (unpaired) electrons. The summed E-state index contributed by atoms with van der Waals surface area (Å²) < 4.78 is 1.83. The molecule has 0 fully saturated rings. The van der Waals surface area contributed by atoms with Crippen molar-refractivity contribution in [1.29, 1.82) is 0 Å². The first-order chi connectivity index (χ1) is 13.7. The van der Waals surface area contributed by atoms with E-state index >= 15 is 0 Å². The lowest BCUT2D eigenvalue weighted by Crippen LogP contribution is -2.24.